The van der Waals surface area contributed by atoms with Gasteiger partial charge in [-0.15, -0.1) is 0 Å². The number of hydrogen-bond donors (Lipinski definition) is 2. The summed E-state index contributed by atoms with van der Waals surface area (Å²) < 4.78 is 4.75. The van der Waals surface area contributed by atoms with Gasteiger partial charge in [0.15, 0.2) is 0 Å². The molecule has 0 radical (unpaired) electrons. The minimum absolute atomic E-state index is 0.0812. The maximum atomic E-state index is 12.6. The minimum atomic E-state index is -0.483. The number of ether oxygens (including phenoxy) is 1. The molecule has 1 saturated heterocycles. The van der Waals surface area contributed by atoms with Crippen molar-refractivity contribution in [2.75, 3.05) is 32.8 Å². The van der Waals surface area contributed by atoms with Gasteiger partial charge in [0, 0.05) is 32.4 Å². The summed E-state index contributed by atoms with van der Waals surface area (Å²) in [7, 11) is 0. The van der Waals surface area contributed by atoms with E-state index in [0.717, 1.165) is 19.3 Å². The molecule has 0 unspecified atom stereocenters. The maximum Gasteiger partial charge on any atom is 0.407 e. The van der Waals surface area contributed by atoms with Crippen LogP contribution in [-0.4, -0.2) is 49.7 Å². The fraction of sp³-hybridized carbons (Fsp3) is 0.476. The first-order chi connectivity index (χ1) is 13.6. The van der Waals surface area contributed by atoms with Gasteiger partial charge in [-0.1, -0.05) is 30.3 Å². The summed E-state index contributed by atoms with van der Waals surface area (Å²) in [4.78, 5) is 25.5. The molecule has 1 fully saturated rings. The van der Waals surface area contributed by atoms with Crippen LogP contribution in [0.15, 0.2) is 42.1 Å². The van der Waals surface area contributed by atoms with Gasteiger partial charge in [-0.3, -0.25) is 4.79 Å². The largest absolute Gasteiger partial charge is 0.450 e. The number of benzene rings is 1. The maximum absolute atomic E-state index is 12.6. The van der Waals surface area contributed by atoms with Crippen molar-refractivity contribution in [3.05, 3.63) is 47.7 Å². The molecule has 1 aliphatic rings. The lowest BCUT2D eigenvalue weighted by Gasteiger charge is -2.32. The molecule has 0 bridgehead atoms. The van der Waals surface area contributed by atoms with Gasteiger partial charge in [0.25, 0.3) is 5.91 Å². The highest BCUT2D eigenvalue weighted by atomic mass is 16.5. The molecule has 1 aliphatic heterocycles. The Morgan fingerprint density at radius 3 is 2.61 bits per heavy atom. The number of hydrogen-bond acceptors (Lipinski definition) is 5. The van der Waals surface area contributed by atoms with Crippen LogP contribution >= 0.6 is 0 Å². The van der Waals surface area contributed by atoms with Gasteiger partial charge in [0.2, 0.25) is 0 Å². The molecule has 7 nitrogen and oxygen atoms in total. The first-order valence-electron chi connectivity index (χ1n) is 9.71. The molecule has 2 N–H and O–H groups in total. The van der Waals surface area contributed by atoms with E-state index in [4.69, 9.17) is 4.74 Å². The summed E-state index contributed by atoms with van der Waals surface area (Å²) in [5.41, 5.74) is 1.41. The van der Waals surface area contributed by atoms with Crippen LogP contribution in [-0.2, 0) is 16.0 Å². The SMILES string of the molecule is CCOC(=O)NCCN/C=C(/C#N)C(=O)N1CCC(Cc2ccccc2)CC1. The van der Waals surface area contributed by atoms with Crippen LogP contribution in [0.1, 0.15) is 25.3 Å². The number of carbonyl (C=O) groups is 2. The van der Waals surface area contributed by atoms with Crippen molar-refractivity contribution >= 4 is 12.0 Å². The second kappa shape index (κ2) is 11.7. The molecule has 0 aromatic heterocycles. The zero-order valence-electron chi connectivity index (χ0n) is 16.3. The van der Waals surface area contributed by atoms with Gasteiger partial charge in [0.05, 0.1) is 6.61 Å². The van der Waals surface area contributed by atoms with Gasteiger partial charge < -0.3 is 20.3 Å². The van der Waals surface area contributed by atoms with E-state index in [1.54, 1.807) is 11.8 Å². The Kier molecular flexibility index (Phi) is 8.86. The summed E-state index contributed by atoms with van der Waals surface area (Å²) in [6, 6.07) is 12.3. The van der Waals surface area contributed by atoms with E-state index in [1.165, 1.54) is 11.8 Å². The van der Waals surface area contributed by atoms with Crippen LogP contribution in [0.3, 0.4) is 0 Å². The predicted molar refractivity (Wildman–Crippen MR) is 106 cm³/mol. The average Bonchev–Trinajstić information content (AvgIpc) is 2.72. The highest BCUT2D eigenvalue weighted by Crippen LogP contribution is 2.22. The number of carbonyl (C=O) groups excluding carboxylic acids is 2. The van der Waals surface area contributed by atoms with Crippen molar-refractivity contribution in [2.45, 2.75) is 26.2 Å². The third-order valence-electron chi connectivity index (χ3n) is 4.68. The van der Waals surface area contributed by atoms with Crippen LogP contribution in [0, 0.1) is 17.2 Å². The van der Waals surface area contributed by atoms with Gasteiger partial charge >= 0.3 is 6.09 Å². The van der Waals surface area contributed by atoms with Gasteiger partial charge in [-0.2, -0.15) is 5.26 Å². The fourth-order valence-corrected chi connectivity index (χ4v) is 3.19. The van der Waals surface area contributed by atoms with Crippen molar-refractivity contribution in [1.29, 1.82) is 5.26 Å². The topological polar surface area (TPSA) is 94.5 Å². The highest BCUT2D eigenvalue weighted by Gasteiger charge is 2.25. The number of alkyl carbamates (subject to hydrolysis) is 1. The van der Waals surface area contributed by atoms with E-state index < -0.39 is 6.09 Å². The second-order valence-electron chi connectivity index (χ2n) is 6.70. The Hall–Kier alpha value is -3.01. The quantitative estimate of drug-likeness (QED) is 0.407. The molecular formula is C21H28N4O3. The third kappa shape index (κ3) is 6.95. The number of likely N-dealkylation sites (tertiary alicyclic amines) is 1. The second-order valence-corrected chi connectivity index (χ2v) is 6.70. The molecule has 2 amide bonds. The van der Waals surface area contributed by atoms with Gasteiger partial charge in [0.1, 0.15) is 11.6 Å². The first-order valence-corrected chi connectivity index (χ1v) is 9.71. The number of nitrogens with one attached hydrogen (secondary N) is 2. The lowest BCUT2D eigenvalue weighted by molar-refractivity contribution is -0.128. The van der Waals surface area contributed by atoms with E-state index >= 15 is 0 Å². The number of nitrogens with zero attached hydrogens (tertiary/aromatic N) is 2. The summed E-state index contributed by atoms with van der Waals surface area (Å²) in [5.74, 6) is 0.319. The molecule has 1 heterocycles. The van der Waals surface area contributed by atoms with E-state index in [2.05, 4.69) is 22.8 Å². The molecule has 1 aromatic rings. The van der Waals surface area contributed by atoms with Crippen molar-refractivity contribution in [3.8, 4) is 6.07 Å². The number of piperidine rings is 1. The molecule has 0 aliphatic carbocycles. The monoisotopic (exact) mass is 384 g/mol. The predicted octanol–water partition coefficient (Wildman–Crippen LogP) is 2.21. The van der Waals surface area contributed by atoms with Crippen LogP contribution in [0.4, 0.5) is 4.79 Å². The smallest absolute Gasteiger partial charge is 0.407 e. The fourth-order valence-electron chi connectivity index (χ4n) is 3.19. The number of rotatable bonds is 8. The van der Waals surface area contributed by atoms with Crippen LogP contribution in [0.25, 0.3) is 0 Å². The Labute approximate surface area is 166 Å². The Bertz CT molecular complexity index is 704. The summed E-state index contributed by atoms with van der Waals surface area (Å²) >= 11 is 0. The first kappa shape index (κ1) is 21.3. The van der Waals surface area contributed by atoms with Crippen LogP contribution in [0.5, 0.6) is 0 Å². The lowest BCUT2D eigenvalue weighted by Crippen LogP contribution is -2.40. The molecule has 2 rings (SSSR count). The standard InChI is InChI=1S/C21H28N4O3/c1-2-28-21(27)24-11-10-23-16-19(15-22)20(26)25-12-8-18(9-13-25)14-17-6-4-3-5-7-17/h3-7,16,18,23H,2,8-14H2,1H3,(H,24,27)/b19-16-. The Morgan fingerprint density at radius 2 is 1.96 bits per heavy atom. The Morgan fingerprint density at radius 1 is 1.25 bits per heavy atom. The van der Waals surface area contributed by atoms with Crippen molar-refractivity contribution < 1.29 is 14.3 Å². The molecule has 0 atom stereocenters. The zero-order valence-corrected chi connectivity index (χ0v) is 16.3. The minimum Gasteiger partial charge on any atom is -0.450 e. The summed E-state index contributed by atoms with van der Waals surface area (Å²) in [6.45, 7) is 4.12. The van der Waals surface area contributed by atoms with Gasteiger partial charge in [-0.25, -0.2) is 4.79 Å². The summed E-state index contributed by atoms with van der Waals surface area (Å²) in [5, 5.41) is 14.7. The van der Waals surface area contributed by atoms with E-state index in [9.17, 15) is 14.9 Å². The molecule has 1 aromatic carbocycles. The van der Waals surface area contributed by atoms with E-state index in [0.29, 0.717) is 38.7 Å². The normalized spacial score (nSPS) is 14.9. The lowest BCUT2D eigenvalue weighted by atomic mass is 9.90. The van der Waals surface area contributed by atoms with E-state index in [-0.39, 0.29) is 11.5 Å². The molecule has 7 heteroatoms. The summed E-state index contributed by atoms with van der Waals surface area (Å²) in [6.07, 6.45) is 3.85. The molecule has 0 saturated carbocycles. The molecule has 28 heavy (non-hydrogen) atoms. The molecular weight excluding hydrogens is 356 g/mol. The Balaban J connectivity index is 1.74. The number of amides is 2. The van der Waals surface area contributed by atoms with Crippen LogP contribution < -0.4 is 10.6 Å². The average molecular weight is 384 g/mol. The van der Waals surface area contributed by atoms with Crippen molar-refractivity contribution in [3.63, 3.8) is 0 Å². The highest BCUT2D eigenvalue weighted by molar-refractivity contribution is 5.97. The third-order valence-corrected chi connectivity index (χ3v) is 4.68. The van der Waals surface area contributed by atoms with Crippen molar-refractivity contribution in [2.24, 2.45) is 5.92 Å². The van der Waals surface area contributed by atoms with E-state index in [1.807, 2.05) is 24.3 Å². The van der Waals surface area contributed by atoms with Crippen LogP contribution in [0.2, 0.25) is 0 Å². The zero-order chi connectivity index (χ0) is 20.2. The van der Waals surface area contributed by atoms with Crippen molar-refractivity contribution in [1.82, 2.24) is 15.5 Å². The van der Waals surface area contributed by atoms with Gasteiger partial charge in [-0.05, 0) is 37.7 Å². The molecule has 0 spiro atoms. The molecule has 150 valence electrons. The number of nitriles is 1.